The van der Waals surface area contributed by atoms with Crippen molar-refractivity contribution in [2.45, 2.75) is 18.7 Å². The molecule has 0 spiro atoms. The van der Waals surface area contributed by atoms with E-state index in [0.717, 1.165) is 12.1 Å². The third kappa shape index (κ3) is 3.30. The summed E-state index contributed by atoms with van der Waals surface area (Å²) in [6.45, 7) is 0. The molecule has 1 N–H and O–H groups in total. The van der Waals surface area contributed by atoms with Gasteiger partial charge in [0.05, 0.1) is 16.3 Å². The largest absolute Gasteiger partial charge is 0.506 e. The number of nitrogens with zero attached hydrogens (tertiary/aromatic N) is 1. The van der Waals surface area contributed by atoms with Crippen LogP contribution in [0.5, 0.6) is 5.75 Å². The second-order valence-electron chi connectivity index (χ2n) is 5.24. The highest BCUT2D eigenvalue weighted by molar-refractivity contribution is 6.36. The molecule has 1 aliphatic rings. The summed E-state index contributed by atoms with van der Waals surface area (Å²) in [6.07, 6.45) is -4.93. The maximum atomic E-state index is 12.8. The Hall–Kier alpha value is -1.92. The number of benzene rings is 2. The lowest BCUT2D eigenvalue weighted by Crippen LogP contribution is -2.07. The summed E-state index contributed by atoms with van der Waals surface area (Å²) >= 11 is 11.8. The molecule has 1 heterocycles. The van der Waals surface area contributed by atoms with Gasteiger partial charge in [-0.05, 0) is 29.8 Å². The Labute approximate surface area is 145 Å². The van der Waals surface area contributed by atoms with Gasteiger partial charge in [-0.25, -0.2) is 0 Å². The summed E-state index contributed by atoms with van der Waals surface area (Å²) in [6, 6.07) is 7.70. The molecule has 0 bridgehead atoms. The number of phenolic OH excluding ortho intramolecular Hbond substituents is 1. The van der Waals surface area contributed by atoms with Crippen LogP contribution in [0.1, 0.15) is 29.2 Å². The molecule has 0 fully saturated rings. The summed E-state index contributed by atoms with van der Waals surface area (Å²) < 4.78 is 38.4. The minimum absolute atomic E-state index is 0.0581. The van der Waals surface area contributed by atoms with E-state index >= 15 is 0 Å². The molecule has 24 heavy (non-hydrogen) atoms. The minimum atomic E-state index is -4.43. The molecular formula is C16H10Cl2F3NO2. The lowest BCUT2D eigenvalue weighted by molar-refractivity contribution is -0.137. The van der Waals surface area contributed by atoms with Crippen LogP contribution in [0.4, 0.5) is 13.2 Å². The Morgan fingerprint density at radius 3 is 2.62 bits per heavy atom. The number of halogens is 5. The highest BCUT2D eigenvalue weighted by Gasteiger charge is 2.32. The molecule has 0 aliphatic carbocycles. The standard InChI is InChI=1S/C16H10Cl2F3NO2/c17-10-5-11(15(23)12(18)6-10)13-7-14(24-22-13)8-2-1-3-9(4-8)16(19,20)21/h1-6,14,23H,7H2. The fraction of sp³-hybridized carbons (Fsp3) is 0.188. The highest BCUT2D eigenvalue weighted by Crippen LogP contribution is 2.38. The van der Waals surface area contributed by atoms with E-state index in [1.54, 1.807) is 0 Å². The molecule has 1 unspecified atom stereocenters. The van der Waals surface area contributed by atoms with Crippen molar-refractivity contribution in [3.05, 3.63) is 63.1 Å². The van der Waals surface area contributed by atoms with Crippen LogP contribution in [-0.2, 0) is 11.0 Å². The van der Waals surface area contributed by atoms with Gasteiger partial charge in [0, 0.05) is 17.0 Å². The lowest BCUT2D eigenvalue weighted by atomic mass is 9.98. The molecule has 0 radical (unpaired) electrons. The first-order valence-corrected chi connectivity index (χ1v) is 7.59. The van der Waals surface area contributed by atoms with Crippen molar-refractivity contribution in [1.29, 1.82) is 0 Å². The van der Waals surface area contributed by atoms with Crippen LogP contribution in [0.25, 0.3) is 0 Å². The zero-order chi connectivity index (χ0) is 17.5. The first kappa shape index (κ1) is 16.9. The zero-order valence-corrected chi connectivity index (χ0v) is 13.5. The normalized spacial score (nSPS) is 17.5. The fourth-order valence-electron chi connectivity index (χ4n) is 2.42. The van der Waals surface area contributed by atoms with Gasteiger partial charge in [0.1, 0.15) is 5.75 Å². The molecule has 8 heteroatoms. The summed E-state index contributed by atoms with van der Waals surface area (Å²) in [7, 11) is 0. The van der Waals surface area contributed by atoms with E-state index < -0.39 is 17.8 Å². The maximum Gasteiger partial charge on any atom is 0.416 e. The van der Waals surface area contributed by atoms with Crippen LogP contribution in [0.15, 0.2) is 41.6 Å². The second kappa shape index (κ2) is 6.18. The van der Waals surface area contributed by atoms with E-state index in [9.17, 15) is 18.3 Å². The van der Waals surface area contributed by atoms with Crippen LogP contribution in [-0.4, -0.2) is 10.8 Å². The Morgan fingerprint density at radius 2 is 1.92 bits per heavy atom. The molecule has 3 rings (SSSR count). The van der Waals surface area contributed by atoms with Gasteiger partial charge in [-0.2, -0.15) is 13.2 Å². The van der Waals surface area contributed by atoms with Crippen molar-refractivity contribution >= 4 is 28.9 Å². The third-order valence-corrected chi connectivity index (χ3v) is 4.10. The molecule has 126 valence electrons. The topological polar surface area (TPSA) is 41.8 Å². The number of aromatic hydroxyl groups is 1. The van der Waals surface area contributed by atoms with Crippen LogP contribution in [0, 0.1) is 0 Å². The predicted octanol–water partition coefficient (Wildman–Crippen LogP) is 5.58. The van der Waals surface area contributed by atoms with Gasteiger partial charge < -0.3 is 9.94 Å². The van der Waals surface area contributed by atoms with E-state index in [4.69, 9.17) is 28.0 Å². The average molecular weight is 376 g/mol. The van der Waals surface area contributed by atoms with Gasteiger partial charge >= 0.3 is 6.18 Å². The van der Waals surface area contributed by atoms with Gasteiger partial charge in [-0.1, -0.05) is 40.5 Å². The number of hydrogen-bond donors (Lipinski definition) is 1. The van der Waals surface area contributed by atoms with E-state index in [1.807, 2.05) is 0 Å². The van der Waals surface area contributed by atoms with Crippen LogP contribution in [0.2, 0.25) is 10.0 Å². The summed E-state index contributed by atoms with van der Waals surface area (Å²) in [5.41, 5.74) is 0.239. The van der Waals surface area contributed by atoms with Crippen LogP contribution < -0.4 is 0 Å². The first-order chi connectivity index (χ1) is 11.3. The Bertz CT molecular complexity index is 821. The average Bonchev–Trinajstić information content (AvgIpc) is 3.00. The fourth-order valence-corrected chi connectivity index (χ4v) is 2.91. The number of hydrogen-bond acceptors (Lipinski definition) is 3. The second-order valence-corrected chi connectivity index (χ2v) is 6.09. The maximum absolute atomic E-state index is 12.8. The van der Waals surface area contributed by atoms with Crippen molar-refractivity contribution < 1.29 is 23.1 Å². The van der Waals surface area contributed by atoms with Gasteiger partial charge in [0.2, 0.25) is 0 Å². The SMILES string of the molecule is Oc1c(Cl)cc(Cl)cc1C1=NOC(c2cccc(C(F)(F)F)c2)C1. The summed E-state index contributed by atoms with van der Waals surface area (Å²) in [5, 5.41) is 14.2. The first-order valence-electron chi connectivity index (χ1n) is 6.84. The van der Waals surface area contributed by atoms with Gasteiger partial charge in [-0.3, -0.25) is 0 Å². The van der Waals surface area contributed by atoms with Crippen molar-refractivity contribution in [3.8, 4) is 5.75 Å². The van der Waals surface area contributed by atoms with E-state index in [2.05, 4.69) is 5.16 Å². The highest BCUT2D eigenvalue weighted by atomic mass is 35.5. The van der Waals surface area contributed by atoms with E-state index in [0.29, 0.717) is 21.9 Å². The van der Waals surface area contributed by atoms with Crippen molar-refractivity contribution in [2.75, 3.05) is 0 Å². The molecule has 0 saturated heterocycles. The third-order valence-electron chi connectivity index (χ3n) is 3.59. The number of oxime groups is 1. The van der Waals surface area contributed by atoms with Crippen molar-refractivity contribution in [1.82, 2.24) is 0 Å². The van der Waals surface area contributed by atoms with Crippen LogP contribution in [0.3, 0.4) is 0 Å². The van der Waals surface area contributed by atoms with E-state index in [-0.39, 0.29) is 17.2 Å². The molecule has 1 aliphatic heterocycles. The molecule has 2 aromatic rings. The Balaban J connectivity index is 1.86. The van der Waals surface area contributed by atoms with Crippen molar-refractivity contribution in [2.24, 2.45) is 5.16 Å². The van der Waals surface area contributed by atoms with Gasteiger partial charge in [0.15, 0.2) is 6.10 Å². The molecule has 0 saturated carbocycles. The molecule has 2 aromatic carbocycles. The van der Waals surface area contributed by atoms with Crippen LogP contribution >= 0.6 is 23.2 Å². The molecular weight excluding hydrogens is 366 g/mol. The zero-order valence-electron chi connectivity index (χ0n) is 11.9. The Kier molecular flexibility index (Phi) is 4.36. The number of alkyl halides is 3. The van der Waals surface area contributed by atoms with E-state index in [1.165, 1.54) is 24.3 Å². The smallest absolute Gasteiger partial charge is 0.416 e. The molecule has 1 atom stereocenters. The van der Waals surface area contributed by atoms with Crippen molar-refractivity contribution in [3.63, 3.8) is 0 Å². The molecule has 0 aromatic heterocycles. The minimum Gasteiger partial charge on any atom is -0.506 e. The van der Waals surface area contributed by atoms with Gasteiger partial charge in [0.25, 0.3) is 0 Å². The summed E-state index contributed by atoms with van der Waals surface area (Å²) in [4.78, 5) is 5.23. The lowest BCUT2D eigenvalue weighted by Gasteiger charge is -2.12. The molecule has 3 nitrogen and oxygen atoms in total. The number of rotatable bonds is 2. The summed E-state index contributed by atoms with van der Waals surface area (Å²) in [5.74, 6) is -0.201. The molecule has 0 amide bonds. The quantitative estimate of drug-likeness (QED) is 0.743. The predicted molar refractivity (Wildman–Crippen MR) is 84.6 cm³/mol. The van der Waals surface area contributed by atoms with Gasteiger partial charge in [-0.15, -0.1) is 0 Å². The monoisotopic (exact) mass is 375 g/mol. The Morgan fingerprint density at radius 1 is 1.17 bits per heavy atom. The number of phenols is 1.